The topological polar surface area (TPSA) is 37.5 Å². The largest absolute Gasteiger partial charge is 0.390 e. The summed E-state index contributed by atoms with van der Waals surface area (Å²) in [5.74, 6) is -0.336. The molecule has 0 saturated carbocycles. The van der Waals surface area contributed by atoms with Crippen LogP contribution in [0.15, 0.2) is 36.5 Å². The van der Waals surface area contributed by atoms with Gasteiger partial charge in [0, 0.05) is 11.8 Å². The number of nitrogens with zero attached hydrogens (tertiary/aromatic N) is 2. The highest BCUT2D eigenvalue weighted by molar-refractivity contribution is 5.68. The van der Waals surface area contributed by atoms with Crippen molar-refractivity contribution in [2.75, 3.05) is 0 Å². The molecule has 1 aliphatic carbocycles. The maximum atomic E-state index is 13.5. The second kappa shape index (κ2) is 5.21. The van der Waals surface area contributed by atoms with Crippen molar-refractivity contribution in [3.05, 3.63) is 59.2 Å². The van der Waals surface area contributed by atoms with E-state index in [4.69, 9.17) is 0 Å². The predicted molar refractivity (Wildman–Crippen MR) is 83.2 cm³/mol. The van der Waals surface area contributed by atoms with Crippen LogP contribution >= 0.6 is 0 Å². The van der Waals surface area contributed by atoms with Crippen molar-refractivity contribution >= 4 is 5.65 Å². The van der Waals surface area contributed by atoms with Crippen molar-refractivity contribution in [2.45, 2.75) is 32.3 Å². The van der Waals surface area contributed by atoms with Gasteiger partial charge in [0.25, 0.3) is 0 Å². The Morgan fingerprint density at radius 1 is 1.09 bits per heavy atom. The maximum Gasteiger partial charge on any atom is 0.139 e. The monoisotopic (exact) mass is 296 g/mol. The summed E-state index contributed by atoms with van der Waals surface area (Å²) in [4.78, 5) is 4.58. The Labute approximate surface area is 128 Å². The van der Waals surface area contributed by atoms with E-state index in [1.807, 2.05) is 0 Å². The van der Waals surface area contributed by atoms with Crippen LogP contribution in [0.2, 0.25) is 0 Å². The van der Waals surface area contributed by atoms with Gasteiger partial charge in [0.15, 0.2) is 0 Å². The number of pyridine rings is 1. The van der Waals surface area contributed by atoms with Crippen LogP contribution in [0.1, 0.15) is 29.7 Å². The van der Waals surface area contributed by atoms with Crippen LogP contribution in [0.4, 0.5) is 4.39 Å². The van der Waals surface area contributed by atoms with E-state index in [2.05, 4.69) is 23.2 Å². The molecular formula is C18H17FN2O. The number of aliphatic hydroxyl groups is 1. The van der Waals surface area contributed by atoms with E-state index in [9.17, 15) is 9.50 Å². The highest BCUT2D eigenvalue weighted by atomic mass is 19.1. The summed E-state index contributed by atoms with van der Waals surface area (Å²) in [6.07, 6.45) is 6.08. The van der Waals surface area contributed by atoms with Crippen molar-refractivity contribution in [3.8, 4) is 11.3 Å². The van der Waals surface area contributed by atoms with E-state index in [0.717, 1.165) is 24.1 Å². The maximum absolute atomic E-state index is 13.5. The summed E-state index contributed by atoms with van der Waals surface area (Å²) < 4.78 is 15.1. The van der Waals surface area contributed by atoms with Gasteiger partial charge in [-0.2, -0.15) is 0 Å². The van der Waals surface area contributed by atoms with Gasteiger partial charge in [0.05, 0.1) is 18.0 Å². The normalized spacial score (nSPS) is 14.3. The number of aryl methyl sites for hydroxylation is 2. The molecule has 0 aliphatic heterocycles. The zero-order chi connectivity index (χ0) is 15.1. The fourth-order valence-corrected chi connectivity index (χ4v) is 3.33. The standard InChI is InChI=1S/C18H17FN2O/c19-15-7-8-17-20-18(16(11-22)21(17)10-15)14-6-5-12-3-1-2-4-13(12)9-14/h5-10,22H,1-4,11H2. The number of hydrogen-bond donors (Lipinski definition) is 1. The minimum absolute atomic E-state index is 0.170. The second-order valence-corrected chi connectivity index (χ2v) is 5.83. The number of halogens is 1. The Morgan fingerprint density at radius 3 is 2.73 bits per heavy atom. The third-order valence-electron chi connectivity index (χ3n) is 4.45. The summed E-state index contributed by atoms with van der Waals surface area (Å²) in [6.45, 7) is -0.170. The molecule has 0 fully saturated rings. The molecule has 0 saturated heterocycles. The lowest BCUT2D eigenvalue weighted by Crippen LogP contribution is -2.02. The molecule has 4 heteroatoms. The molecule has 1 N–H and O–H groups in total. The molecule has 0 atom stereocenters. The first-order valence-corrected chi connectivity index (χ1v) is 7.66. The molecule has 3 nitrogen and oxygen atoms in total. The second-order valence-electron chi connectivity index (χ2n) is 5.83. The molecule has 3 aromatic rings. The van der Waals surface area contributed by atoms with Gasteiger partial charge in [0.2, 0.25) is 0 Å². The minimum atomic E-state index is -0.336. The van der Waals surface area contributed by atoms with Gasteiger partial charge >= 0.3 is 0 Å². The number of imidazole rings is 1. The quantitative estimate of drug-likeness (QED) is 0.786. The highest BCUT2D eigenvalue weighted by Crippen LogP contribution is 2.29. The summed E-state index contributed by atoms with van der Waals surface area (Å²) in [6, 6.07) is 9.42. The van der Waals surface area contributed by atoms with Gasteiger partial charge in [-0.15, -0.1) is 0 Å². The summed E-state index contributed by atoms with van der Waals surface area (Å²) in [7, 11) is 0. The molecule has 22 heavy (non-hydrogen) atoms. The zero-order valence-corrected chi connectivity index (χ0v) is 12.2. The van der Waals surface area contributed by atoms with E-state index in [0.29, 0.717) is 11.3 Å². The number of rotatable bonds is 2. The minimum Gasteiger partial charge on any atom is -0.390 e. The molecule has 2 aromatic heterocycles. The van der Waals surface area contributed by atoms with Crippen molar-refractivity contribution in [1.29, 1.82) is 0 Å². The van der Waals surface area contributed by atoms with Crippen molar-refractivity contribution < 1.29 is 9.50 Å². The molecule has 0 radical (unpaired) electrons. The molecule has 4 rings (SSSR count). The number of benzene rings is 1. The fraction of sp³-hybridized carbons (Fsp3) is 0.278. The summed E-state index contributed by atoms with van der Waals surface area (Å²) in [5, 5.41) is 9.71. The average Bonchev–Trinajstić information content (AvgIpc) is 2.92. The number of aliphatic hydroxyl groups excluding tert-OH is 1. The van der Waals surface area contributed by atoms with Crippen LogP contribution in [-0.4, -0.2) is 14.5 Å². The summed E-state index contributed by atoms with van der Waals surface area (Å²) >= 11 is 0. The lowest BCUT2D eigenvalue weighted by molar-refractivity contribution is 0.276. The van der Waals surface area contributed by atoms with Crippen LogP contribution in [0.3, 0.4) is 0 Å². The molecule has 0 spiro atoms. The van der Waals surface area contributed by atoms with Crippen molar-refractivity contribution in [2.24, 2.45) is 0 Å². The van der Waals surface area contributed by atoms with Crippen LogP contribution in [0.25, 0.3) is 16.9 Å². The number of aromatic nitrogens is 2. The zero-order valence-electron chi connectivity index (χ0n) is 12.2. The first-order valence-electron chi connectivity index (χ1n) is 7.66. The van der Waals surface area contributed by atoms with Gasteiger partial charge in [-0.05, 0) is 55.0 Å². The van der Waals surface area contributed by atoms with E-state index >= 15 is 0 Å². The van der Waals surface area contributed by atoms with E-state index in [1.165, 1.54) is 36.2 Å². The number of fused-ring (bicyclic) bond motifs is 2. The molecule has 2 heterocycles. The lowest BCUT2D eigenvalue weighted by Gasteiger charge is -2.16. The van der Waals surface area contributed by atoms with Gasteiger partial charge in [0.1, 0.15) is 11.5 Å². The molecular weight excluding hydrogens is 279 g/mol. The highest BCUT2D eigenvalue weighted by Gasteiger charge is 2.16. The van der Waals surface area contributed by atoms with Crippen LogP contribution in [0, 0.1) is 5.82 Å². The van der Waals surface area contributed by atoms with E-state index in [-0.39, 0.29) is 12.4 Å². The van der Waals surface area contributed by atoms with Crippen molar-refractivity contribution in [1.82, 2.24) is 9.38 Å². The Kier molecular flexibility index (Phi) is 3.19. The first kappa shape index (κ1) is 13.5. The average molecular weight is 296 g/mol. The van der Waals surface area contributed by atoms with Gasteiger partial charge < -0.3 is 5.11 Å². The molecule has 1 aromatic carbocycles. The molecule has 0 unspecified atom stereocenters. The third kappa shape index (κ3) is 2.11. The van der Waals surface area contributed by atoms with Crippen LogP contribution < -0.4 is 0 Å². The van der Waals surface area contributed by atoms with E-state index in [1.54, 1.807) is 10.5 Å². The third-order valence-corrected chi connectivity index (χ3v) is 4.45. The Hall–Kier alpha value is -2.20. The van der Waals surface area contributed by atoms with Crippen LogP contribution in [0.5, 0.6) is 0 Å². The van der Waals surface area contributed by atoms with Crippen molar-refractivity contribution in [3.63, 3.8) is 0 Å². The van der Waals surface area contributed by atoms with Crippen LogP contribution in [-0.2, 0) is 19.4 Å². The van der Waals surface area contributed by atoms with E-state index < -0.39 is 0 Å². The lowest BCUT2D eigenvalue weighted by atomic mass is 9.90. The van der Waals surface area contributed by atoms with Gasteiger partial charge in [-0.3, -0.25) is 4.40 Å². The summed E-state index contributed by atoms with van der Waals surface area (Å²) in [5.41, 5.74) is 5.80. The fourth-order valence-electron chi connectivity index (χ4n) is 3.33. The van der Waals surface area contributed by atoms with Gasteiger partial charge in [-0.25, -0.2) is 9.37 Å². The molecule has 0 bridgehead atoms. The smallest absolute Gasteiger partial charge is 0.139 e. The Bertz CT molecular complexity index is 854. The molecule has 0 amide bonds. The Morgan fingerprint density at radius 2 is 1.91 bits per heavy atom. The number of hydrogen-bond acceptors (Lipinski definition) is 2. The molecule has 1 aliphatic rings. The molecule has 112 valence electrons. The van der Waals surface area contributed by atoms with Gasteiger partial charge in [-0.1, -0.05) is 12.1 Å². The predicted octanol–water partition coefficient (Wildman–Crippen LogP) is 3.51. The SMILES string of the molecule is OCc1c(-c2ccc3c(c2)CCCC3)nc2ccc(F)cn12. The first-order chi connectivity index (χ1) is 10.8. The Balaban J connectivity index is 1.90.